The highest BCUT2D eigenvalue weighted by Crippen LogP contribution is 2.40. The number of carbonyl (C=O) groups is 2. The molecule has 144 valence electrons. The maximum atomic E-state index is 12.5. The summed E-state index contributed by atoms with van der Waals surface area (Å²) in [5.41, 5.74) is 0.457. The number of piperidine rings is 1. The van der Waals surface area contributed by atoms with Gasteiger partial charge in [0.1, 0.15) is 6.61 Å². The topological polar surface area (TPSA) is 75.6 Å². The van der Waals surface area contributed by atoms with Crippen LogP contribution in [0.1, 0.15) is 18.9 Å². The lowest BCUT2D eigenvalue weighted by atomic mass is 9.78. The summed E-state index contributed by atoms with van der Waals surface area (Å²) in [5, 5.41) is 0. The van der Waals surface area contributed by atoms with Crippen molar-refractivity contribution in [1.29, 1.82) is 0 Å². The molecule has 1 spiro atoms. The lowest BCUT2D eigenvalue weighted by Gasteiger charge is -2.47. The summed E-state index contributed by atoms with van der Waals surface area (Å²) in [6, 6.07) is 9.61. The van der Waals surface area contributed by atoms with Gasteiger partial charge >= 0.3 is 6.09 Å². The summed E-state index contributed by atoms with van der Waals surface area (Å²) in [4.78, 5) is 36.9. The minimum Gasteiger partial charge on any atom is -0.445 e. The van der Waals surface area contributed by atoms with Gasteiger partial charge in [-0.15, -0.1) is 0 Å². The van der Waals surface area contributed by atoms with Crippen LogP contribution in [0.25, 0.3) is 0 Å². The second-order valence-corrected chi connectivity index (χ2v) is 7.20. The van der Waals surface area contributed by atoms with E-state index in [4.69, 9.17) is 4.74 Å². The molecule has 7 nitrogen and oxygen atoms in total. The highest BCUT2D eigenvalue weighted by molar-refractivity contribution is 6.05. The number of carbonyl (C=O) groups excluding carboxylic acids is 2. The maximum Gasteiger partial charge on any atom is 0.410 e. The predicted octanol–water partition coefficient (Wildman–Crippen LogP) is 2.80. The molecule has 28 heavy (non-hydrogen) atoms. The van der Waals surface area contributed by atoms with Gasteiger partial charge in [-0.3, -0.25) is 14.7 Å². The second-order valence-electron chi connectivity index (χ2n) is 7.20. The molecule has 0 radical (unpaired) electrons. The molecule has 1 saturated heterocycles. The molecule has 2 aromatic rings. The molecule has 1 fully saturated rings. The number of hydrogen-bond acceptors (Lipinski definition) is 5. The summed E-state index contributed by atoms with van der Waals surface area (Å²) in [7, 11) is 0. The average molecular weight is 378 g/mol. The molecule has 0 saturated carbocycles. The summed E-state index contributed by atoms with van der Waals surface area (Å²) < 4.78 is 5.47. The molecular weight excluding hydrogens is 356 g/mol. The van der Waals surface area contributed by atoms with Crippen LogP contribution in [0.4, 0.5) is 10.6 Å². The Hall–Kier alpha value is -3.22. The van der Waals surface area contributed by atoms with Crippen LogP contribution in [-0.2, 0) is 16.1 Å². The molecule has 2 aliphatic heterocycles. The number of aromatic nitrogens is 2. The molecular formula is C21H22N4O3. The lowest BCUT2D eigenvalue weighted by Crippen LogP contribution is -2.60. The molecule has 0 N–H and O–H groups in total. The zero-order valence-corrected chi connectivity index (χ0v) is 15.7. The Labute approximate surface area is 163 Å². The highest BCUT2D eigenvalue weighted by Gasteiger charge is 2.50. The third kappa shape index (κ3) is 3.24. The average Bonchev–Trinajstić information content (AvgIpc) is 3.06. The van der Waals surface area contributed by atoms with Gasteiger partial charge < -0.3 is 9.64 Å². The van der Waals surface area contributed by atoms with Crippen molar-refractivity contribution in [1.82, 2.24) is 14.9 Å². The number of ether oxygens (including phenoxy) is 1. The van der Waals surface area contributed by atoms with Crippen molar-refractivity contribution in [3.63, 3.8) is 0 Å². The maximum absolute atomic E-state index is 12.5. The van der Waals surface area contributed by atoms with Gasteiger partial charge in [-0.05, 0) is 12.0 Å². The summed E-state index contributed by atoms with van der Waals surface area (Å²) >= 11 is 0. The first-order valence-electron chi connectivity index (χ1n) is 9.35. The van der Waals surface area contributed by atoms with Crippen molar-refractivity contribution >= 4 is 17.8 Å². The van der Waals surface area contributed by atoms with Crippen molar-refractivity contribution in [3.05, 3.63) is 66.6 Å². The summed E-state index contributed by atoms with van der Waals surface area (Å²) in [5.74, 6) is 0.451. The molecule has 0 aliphatic carbocycles. The minimum atomic E-state index is -0.497. The SMILES string of the molecule is CC1CN(C(=O)OCc2ccccc2)CCC12C=CC(=O)N2c1cnccn1. The van der Waals surface area contributed by atoms with E-state index in [1.54, 1.807) is 34.5 Å². The van der Waals surface area contributed by atoms with Crippen molar-refractivity contribution in [3.8, 4) is 0 Å². The van der Waals surface area contributed by atoms with Crippen molar-refractivity contribution in [2.45, 2.75) is 25.5 Å². The number of anilines is 1. The zero-order valence-electron chi connectivity index (χ0n) is 15.7. The van der Waals surface area contributed by atoms with Crippen LogP contribution in [0.15, 0.2) is 61.1 Å². The standard InChI is InChI=1S/C21H22N4O3/c1-16-14-24(20(27)28-15-17-5-3-2-4-6-17)12-9-21(16)8-7-19(26)25(21)18-13-22-10-11-23-18/h2-8,10-11,13,16H,9,12,14-15H2,1H3. The first-order chi connectivity index (χ1) is 13.6. The number of rotatable bonds is 3. The van der Waals surface area contributed by atoms with Crippen molar-refractivity contribution in [2.75, 3.05) is 18.0 Å². The fraction of sp³-hybridized carbons (Fsp3) is 0.333. The number of benzene rings is 1. The first kappa shape index (κ1) is 18.2. The molecule has 2 unspecified atom stereocenters. The van der Waals surface area contributed by atoms with E-state index in [2.05, 4.69) is 9.97 Å². The normalized spacial score (nSPS) is 24.0. The molecule has 4 rings (SSSR count). The van der Waals surface area contributed by atoms with Gasteiger partial charge in [0.25, 0.3) is 5.91 Å². The first-order valence-corrected chi connectivity index (χ1v) is 9.35. The van der Waals surface area contributed by atoms with Crippen LogP contribution in [0.3, 0.4) is 0 Å². The van der Waals surface area contributed by atoms with Gasteiger partial charge in [-0.1, -0.05) is 43.3 Å². The molecule has 2 atom stereocenters. The predicted molar refractivity (Wildman–Crippen MR) is 103 cm³/mol. The van der Waals surface area contributed by atoms with Gasteiger partial charge in [0.2, 0.25) is 0 Å². The zero-order chi connectivity index (χ0) is 19.6. The van der Waals surface area contributed by atoms with E-state index in [0.29, 0.717) is 25.3 Å². The van der Waals surface area contributed by atoms with Crippen LogP contribution in [0.5, 0.6) is 0 Å². The molecule has 7 heteroatoms. The van der Waals surface area contributed by atoms with E-state index >= 15 is 0 Å². The molecule has 2 amide bonds. The summed E-state index contributed by atoms with van der Waals surface area (Å²) in [6.45, 7) is 3.30. The van der Waals surface area contributed by atoms with Gasteiger partial charge in [0.15, 0.2) is 5.82 Å². The van der Waals surface area contributed by atoms with Crippen LogP contribution in [0.2, 0.25) is 0 Å². The molecule has 2 aliphatic rings. The Morgan fingerprint density at radius 1 is 1.29 bits per heavy atom. The van der Waals surface area contributed by atoms with E-state index in [1.807, 2.05) is 43.3 Å². The fourth-order valence-corrected chi connectivity index (χ4v) is 4.00. The quantitative estimate of drug-likeness (QED) is 0.821. The molecule has 1 aromatic heterocycles. The highest BCUT2D eigenvalue weighted by atomic mass is 16.6. The Morgan fingerprint density at radius 3 is 2.82 bits per heavy atom. The minimum absolute atomic E-state index is 0.0234. The monoisotopic (exact) mass is 378 g/mol. The largest absolute Gasteiger partial charge is 0.445 e. The number of amides is 2. The van der Waals surface area contributed by atoms with Gasteiger partial charge in [-0.25, -0.2) is 9.78 Å². The molecule has 0 bridgehead atoms. The van der Waals surface area contributed by atoms with Crippen molar-refractivity contribution in [2.24, 2.45) is 5.92 Å². The Balaban J connectivity index is 1.45. The Morgan fingerprint density at radius 2 is 2.11 bits per heavy atom. The Kier molecular flexibility index (Phi) is 4.81. The summed E-state index contributed by atoms with van der Waals surface area (Å²) in [6.07, 6.45) is 8.59. The van der Waals surface area contributed by atoms with Crippen LogP contribution >= 0.6 is 0 Å². The van der Waals surface area contributed by atoms with Crippen molar-refractivity contribution < 1.29 is 14.3 Å². The van der Waals surface area contributed by atoms with E-state index in [9.17, 15) is 9.59 Å². The Bertz CT molecular complexity index is 887. The molecule has 1 aromatic carbocycles. The smallest absolute Gasteiger partial charge is 0.410 e. The van der Waals surface area contributed by atoms with E-state index in [1.165, 1.54) is 0 Å². The van der Waals surface area contributed by atoms with E-state index in [-0.39, 0.29) is 24.5 Å². The number of likely N-dealkylation sites (tertiary alicyclic amines) is 1. The van der Waals surface area contributed by atoms with Crippen LogP contribution < -0.4 is 4.90 Å². The second kappa shape index (κ2) is 7.42. The van der Waals surface area contributed by atoms with Crippen LogP contribution in [-0.4, -0.2) is 45.5 Å². The third-order valence-corrected chi connectivity index (χ3v) is 5.52. The third-order valence-electron chi connectivity index (χ3n) is 5.52. The fourth-order valence-electron chi connectivity index (χ4n) is 4.00. The number of hydrogen-bond donors (Lipinski definition) is 0. The van der Waals surface area contributed by atoms with E-state index < -0.39 is 5.54 Å². The van der Waals surface area contributed by atoms with E-state index in [0.717, 1.165) is 5.56 Å². The number of nitrogens with zero attached hydrogens (tertiary/aromatic N) is 4. The van der Waals surface area contributed by atoms with Crippen LogP contribution in [0, 0.1) is 5.92 Å². The molecule has 3 heterocycles. The lowest BCUT2D eigenvalue weighted by molar-refractivity contribution is -0.114. The van der Waals surface area contributed by atoms with Gasteiger partial charge in [-0.2, -0.15) is 0 Å². The van der Waals surface area contributed by atoms with Gasteiger partial charge in [0.05, 0.1) is 11.7 Å². The van der Waals surface area contributed by atoms with Gasteiger partial charge in [0, 0.05) is 37.5 Å².